The van der Waals surface area contributed by atoms with Crippen LogP contribution in [0.15, 0.2) is 60.9 Å². The van der Waals surface area contributed by atoms with E-state index in [2.05, 4.69) is 26.1 Å². The number of nitrogens with zero attached hydrogens (tertiary/aromatic N) is 4. The minimum Gasteiger partial charge on any atom is -0.561 e. The molecule has 2 aromatic carbocycles. The molecule has 0 radical (unpaired) electrons. The van der Waals surface area contributed by atoms with Gasteiger partial charge < -0.3 is 26.7 Å². The van der Waals surface area contributed by atoms with Gasteiger partial charge in [0, 0.05) is 18.2 Å². The Morgan fingerprint density at radius 3 is 2.32 bits per heavy atom. The summed E-state index contributed by atoms with van der Waals surface area (Å²) >= 11 is 0. The Morgan fingerprint density at radius 2 is 1.71 bits per heavy atom. The zero-order valence-corrected chi connectivity index (χ0v) is 18.6. The molecule has 10 nitrogen and oxygen atoms in total. The van der Waals surface area contributed by atoms with Crippen molar-refractivity contribution in [1.29, 1.82) is 0 Å². The maximum absolute atomic E-state index is 13.0. The van der Waals surface area contributed by atoms with Crippen molar-refractivity contribution < 1.29 is 18.7 Å². The molecule has 2 amide bonds. The number of aromatic nitrogens is 2. The molecule has 0 spiro atoms. The fourth-order valence-electron chi connectivity index (χ4n) is 3.01. The number of hydrogen-bond acceptors (Lipinski definition) is 5. The Bertz CT molecular complexity index is 1200. The molecule has 1 aromatic heterocycles. The van der Waals surface area contributed by atoms with Crippen molar-refractivity contribution in [3.8, 4) is 0 Å². The van der Waals surface area contributed by atoms with Gasteiger partial charge in [0.2, 0.25) is 0 Å². The molecular formula is C23H24FN8O2-. The van der Waals surface area contributed by atoms with Crippen molar-refractivity contribution in [2.24, 2.45) is 5.84 Å². The first-order valence-electron chi connectivity index (χ1n) is 10.3. The second-order valence-corrected chi connectivity index (χ2v) is 7.40. The highest BCUT2D eigenvalue weighted by molar-refractivity contribution is 6.01. The van der Waals surface area contributed by atoms with Gasteiger partial charge in [0.1, 0.15) is 29.4 Å². The fourth-order valence-corrected chi connectivity index (χ4v) is 3.01. The van der Waals surface area contributed by atoms with Crippen molar-refractivity contribution in [2.45, 2.75) is 19.5 Å². The predicted octanol–water partition coefficient (Wildman–Crippen LogP) is 2.64. The molecule has 5 N–H and O–H groups in total. The van der Waals surface area contributed by atoms with Crippen LogP contribution in [0.4, 0.5) is 4.39 Å². The second kappa shape index (κ2) is 11.0. The quantitative estimate of drug-likeness (QED) is 0.154. The molecule has 11 heteroatoms. The van der Waals surface area contributed by atoms with E-state index >= 15 is 0 Å². The predicted molar refractivity (Wildman–Crippen MR) is 124 cm³/mol. The van der Waals surface area contributed by atoms with Gasteiger partial charge >= 0.3 is 0 Å². The summed E-state index contributed by atoms with van der Waals surface area (Å²) in [6.07, 6.45) is 1.14. The summed E-state index contributed by atoms with van der Waals surface area (Å²) in [6, 6.07) is 13.7. The summed E-state index contributed by atoms with van der Waals surface area (Å²) in [7, 11) is 1.57. The topological polar surface area (TPSA) is 151 Å². The third-order valence-electron chi connectivity index (χ3n) is 5.03. The average Bonchev–Trinajstić information content (AvgIpc) is 2.87. The standard InChI is InChI=1S/C23H24FN8O2/c1-14(16-5-7-17(8-6-16)21(25)32(2)31-26)30-23(34)20-11-19(28-13-29-20)22(33)27-12-15-3-9-18(24)10-4-15/h3-11,13-14,25H,12,26H2,1-2H3,(H,27,33)(H,30,34)/q-1/t14-/m0/s1. The summed E-state index contributed by atoms with van der Waals surface area (Å²) in [6.45, 7) is 1.99. The molecule has 3 rings (SSSR count). The summed E-state index contributed by atoms with van der Waals surface area (Å²) in [4.78, 5) is 33.0. The first kappa shape index (κ1) is 24.3. The molecule has 1 atom stereocenters. The maximum atomic E-state index is 13.0. The number of rotatable bonds is 8. The molecule has 0 aliphatic heterocycles. The van der Waals surface area contributed by atoms with E-state index in [0.717, 1.165) is 17.5 Å². The molecule has 176 valence electrons. The lowest BCUT2D eigenvalue weighted by molar-refractivity contribution is -0.445. The number of nitrogens with two attached hydrogens (primary N) is 1. The van der Waals surface area contributed by atoms with Crippen LogP contribution >= 0.6 is 0 Å². The van der Waals surface area contributed by atoms with Crippen molar-refractivity contribution in [1.82, 2.24) is 20.6 Å². The molecular weight excluding hydrogens is 439 g/mol. The molecule has 0 unspecified atom stereocenters. The molecule has 0 saturated carbocycles. The zero-order chi connectivity index (χ0) is 24.7. The first-order valence-corrected chi connectivity index (χ1v) is 10.3. The van der Waals surface area contributed by atoms with Crippen LogP contribution in [0.2, 0.25) is 0 Å². The number of hydrogen-bond donors (Lipinski definition) is 3. The summed E-state index contributed by atoms with van der Waals surface area (Å²) < 4.78 is 14.2. The molecule has 0 aliphatic carbocycles. The highest BCUT2D eigenvalue weighted by Gasteiger charge is 2.16. The highest BCUT2D eigenvalue weighted by atomic mass is 19.1. The largest absolute Gasteiger partial charge is 0.561 e. The van der Waals surface area contributed by atoms with Crippen LogP contribution in [0, 0.1) is 5.82 Å². The molecule has 0 aliphatic rings. The van der Waals surface area contributed by atoms with Gasteiger partial charge in [-0.3, -0.25) is 15.3 Å². The highest BCUT2D eigenvalue weighted by Crippen LogP contribution is 2.15. The molecule has 34 heavy (non-hydrogen) atoms. The average molecular weight is 463 g/mol. The van der Waals surface area contributed by atoms with E-state index in [9.17, 15) is 14.0 Å². The number of amidine groups is 1. The summed E-state index contributed by atoms with van der Waals surface area (Å²) in [5.74, 6) is 4.01. The Kier molecular flexibility index (Phi) is 7.83. The van der Waals surface area contributed by atoms with E-state index in [1.165, 1.54) is 22.9 Å². The second-order valence-electron chi connectivity index (χ2n) is 7.40. The normalized spacial score (nSPS) is 12.4. The van der Waals surface area contributed by atoms with Crippen molar-refractivity contribution in [3.63, 3.8) is 0 Å². The van der Waals surface area contributed by atoms with Gasteiger partial charge in [-0.1, -0.05) is 36.4 Å². The van der Waals surface area contributed by atoms with Gasteiger partial charge in [-0.25, -0.2) is 14.4 Å². The van der Waals surface area contributed by atoms with Crippen LogP contribution in [0.3, 0.4) is 0 Å². The zero-order valence-electron chi connectivity index (χ0n) is 18.6. The lowest BCUT2D eigenvalue weighted by Gasteiger charge is -2.22. The number of carbonyl (C=O) groups is 2. The van der Waals surface area contributed by atoms with Crippen LogP contribution in [-0.4, -0.2) is 39.4 Å². The SMILES string of the molecule is C[C@H](NC(=O)c1cc(C(=O)NCc2ccc(F)cc2)ncn1)c1ccc(C([NH-])=[N+](C)[N-]N)cc1. The van der Waals surface area contributed by atoms with Gasteiger partial charge in [0.05, 0.1) is 6.04 Å². The van der Waals surface area contributed by atoms with Gasteiger partial charge in [-0.15, -0.1) is 0 Å². The molecule has 0 fully saturated rings. The summed E-state index contributed by atoms with van der Waals surface area (Å²) in [5, 5.41) is 5.50. The maximum Gasteiger partial charge on any atom is 0.270 e. The lowest BCUT2D eigenvalue weighted by Crippen LogP contribution is -2.29. The van der Waals surface area contributed by atoms with E-state index in [1.54, 1.807) is 50.4 Å². The van der Waals surface area contributed by atoms with Gasteiger partial charge in [0.25, 0.3) is 11.8 Å². The lowest BCUT2D eigenvalue weighted by atomic mass is 10.1. The Hall–Kier alpha value is -4.38. The van der Waals surface area contributed by atoms with Crippen LogP contribution in [0.5, 0.6) is 0 Å². The van der Waals surface area contributed by atoms with Gasteiger partial charge in [-0.2, -0.15) is 0 Å². The number of nitrogens with one attached hydrogen (secondary N) is 3. The van der Waals surface area contributed by atoms with Crippen LogP contribution < -0.4 is 16.5 Å². The van der Waals surface area contributed by atoms with Crippen molar-refractivity contribution in [2.75, 3.05) is 7.05 Å². The number of halogens is 1. The van der Waals surface area contributed by atoms with Crippen LogP contribution in [0.25, 0.3) is 11.3 Å². The third kappa shape index (κ3) is 6.11. The first-order chi connectivity index (χ1) is 16.3. The minimum absolute atomic E-state index is 0.0345. The number of benzene rings is 2. The number of carbonyl (C=O) groups excluding carboxylic acids is 2. The molecule has 1 heterocycles. The summed E-state index contributed by atoms with van der Waals surface area (Å²) in [5.41, 5.74) is 13.7. The number of amides is 2. The molecule has 0 bridgehead atoms. The molecule has 0 saturated heterocycles. The van der Waals surface area contributed by atoms with Crippen LogP contribution in [0.1, 0.15) is 50.6 Å². The van der Waals surface area contributed by atoms with E-state index < -0.39 is 11.8 Å². The Labute approximate surface area is 195 Å². The van der Waals surface area contributed by atoms with Gasteiger partial charge in [-0.05, 0) is 37.2 Å². The Morgan fingerprint density at radius 1 is 1.09 bits per heavy atom. The molecule has 3 aromatic rings. The van der Waals surface area contributed by atoms with E-state index in [4.69, 9.17) is 11.6 Å². The van der Waals surface area contributed by atoms with Gasteiger partial charge in [0.15, 0.2) is 0 Å². The monoisotopic (exact) mass is 463 g/mol. The smallest absolute Gasteiger partial charge is 0.270 e. The third-order valence-corrected chi connectivity index (χ3v) is 5.03. The minimum atomic E-state index is -0.485. The van der Waals surface area contributed by atoms with E-state index in [-0.39, 0.29) is 35.6 Å². The van der Waals surface area contributed by atoms with Crippen molar-refractivity contribution >= 4 is 17.6 Å². The van der Waals surface area contributed by atoms with Crippen LogP contribution in [-0.2, 0) is 6.54 Å². The fraction of sp³-hybridized carbons (Fsp3) is 0.174. The van der Waals surface area contributed by atoms with E-state index in [0.29, 0.717) is 5.56 Å². The van der Waals surface area contributed by atoms with E-state index in [1.807, 2.05) is 0 Å². The Balaban J connectivity index is 1.63. The van der Waals surface area contributed by atoms with Crippen molar-refractivity contribution in [3.05, 3.63) is 106 Å².